The molecule has 114 valence electrons. The molecule has 0 heterocycles. The number of likely N-dealkylation sites (N-methyl/N-ethyl adjacent to an activating group) is 1. The van der Waals surface area contributed by atoms with Crippen LogP contribution in [-0.2, 0) is 6.42 Å². The molecule has 20 heavy (non-hydrogen) atoms. The maximum absolute atomic E-state index is 9.54. The molecule has 0 aliphatic heterocycles. The van der Waals surface area contributed by atoms with Crippen LogP contribution in [0, 0.1) is 0 Å². The van der Waals surface area contributed by atoms with E-state index < -0.39 is 0 Å². The van der Waals surface area contributed by atoms with Crippen molar-refractivity contribution in [2.45, 2.75) is 45.1 Å². The van der Waals surface area contributed by atoms with Gasteiger partial charge in [-0.25, -0.2) is 0 Å². The smallest absolute Gasteiger partial charge is 0.0613 e. The zero-order chi connectivity index (χ0) is 15.0. The number of aliphatic hydroxyl groups excluding tert-OH is 1. The van der Waals surface area contributed by atoms with Crippen LogP contribution in [0.4, 0.5) is 5.69 Å². The van der Waals surface area contributed by atoms with E-state index in [4.69, 9.17) is 0 Å². The summed E-state index contributed by atoms with van der Waals surface area (Å²) in [6.45, 7) is 5.51. The van der Waals surface area contributed by atoms with Crippen LogP contribution in [0.5, 0.6) is 0 Å². The van der Waals surface area contributed by atoms with Gasteiger partial charge in [0.15, 0.2) is 0 Å². The van der Waals surface area contributed by atoms with Crippen molar-refractivity contribution in [1.29, 1.82) is 0 Å². The minimum absolute atomic E-state index is 0.118. The molecule has 1 atom stereocenters. The quantitative estimate of drug-likeness (QED) is 0.729. The third-order valence-corrected chi connectivity index (χ3v) is 4.44. The van der Waals surface area contributed by atoms with Crippen LogP contribution >= 0.6 is 0 Å². The summed E-state index contributed by atoms with van der Waals surface area (Å²) in [5.41, 5.74) is 2.52. The molecule has 0 aliphatic rings. The van der Waals surface area contributed by atoms with Crippen molar-refractivity contribution in [2.75, 3.05) is 32.1 Å². The summed E-state index contributed by atoms with van der Waals surface area (Å²) in [5, 5.41) is 12.8. The Morgan fingerprint density at radius 1 is 1.20 bits per heavy atom. The van der Waals surface area contributed by atoms with Crippen molar-refractivity contribution in [3.63, 3.8) is 0 Å². The number of rotatable bonds is 9. The average molecular weight is 278 g/mol. The molecule has 0 fully saturated rings. The summed E-state index contributed by atoms with van der Waals surface area (Å²) >= 11 is 0. The normalized spacial score (nSPS) is 14.1. The Kier molecular flexibility index (Phi) is 7.03. The van der Waals surface area contributed by atoms with E-state index in [1.807, 2.05) is 7.05 Å². The first-order valence-corrected chi connectivity index (χ1v) is 7.70. The Morgan fingerprint density at radius 2 is 1.85 bits per heavy atom. The maximum atomic E-state index is 9.54. The van der Waals surface area contributed by atoms with Crippen LogP contribution in [-0.4, -0.2) is 37.9 Å². The number of aryl methyl sites for hydroxylation is 1. The molecule has 2 N–H and O–H groups in total. The molecule has 0 bridgehead atoms. The molecular weight excluding hydrogens is 248 g/mol. The molecule has 3 heteroatoms. The highest BCUT2D eigenvalue weighted by Crippen LogP contribution is 2.19. The van der Waals surface area contributed by atoms with Gasteiger partial charge in [-0.3, -0.25) is 0 Å². The molecule has 0 aliphatic carbocycles. The highest BCUT2D eigenvalue weighted by Gasteiger charge is 2.24. The number of aliphatic hydroxyl groups is 1. The summed E-state index contributed by atoms with van der Waals surface area (Å²) < 4.78 is 0. The average Bonchev–Trinajstić information content (AvgIpc) is 2.52. The van der Waals surface area contributed by atoms with Crippen LogP contribution in [0.25, 0.3) is 0 Å². The molecule has 1 unspecified atom stereocenters. The molecule has 1 aromatic carbocycles. The van der Waals surface area contributed by atoms with Crippen molar-refractivity contribution in [1.82, 2.24) is 5.32 Å². The second kappa shape index (κ2) is 8.28. The van der Waals surface area contributed by atoms with Crippen molar-refractivity contribution >= 4 is 5.69 Å². The van der Waals surface area contributed by atoms with Gasteiger partial charge in [-0.2, -0.15) is 0 Å². The first kappa shape index (κ1) is 17.0. The highest BCUT2D eigenvalue weighted by molar-refractivity contribution is 5.46. The molecule has 0 aromatic heterocycles. The number of benzene rings is 1. The number of nitrogens with one attached hydrogen (secondary N) is 1. The lowest BCUT2D eigenvalue weighted by Gasteiger charge is -2.31. The summed E-state index contributed by atoms with van der Waals surface area (Å²) in [5.74, 6) is 0. The lowest BCUT2D eigenvalue weighted by Crippen LogP contribution is -2.46. The third kappa shape index (κ3) is 4.50. The van der Waals surface area contributed by atoms with Crippen molar-refractivity contribution < 1.29 is 5.11 Å². The third-order valence-electron chi connectivity index (χ3n) is 4.44. The fourth-order valence-corrected chi connectivity index (χ4v) is 2.52. The minimum Gasteiger partial charge on any atom is -0.394 e. The van der Waals surface area contributed by atoms with Gasteiger partial charge in [-0.15, -0.1) is 0 Å². The molecule has 3 nitrogen and oxygen atoms in total. The number of hydrogen-bond acceptors (Lipinski definition) is 3. The topological polar surface area (TPSA) is 35.5 Å². The maximum Gasteiger partial charge on any atom is 0.0613 e. The minimum atomic E-state index is -0.118. The van der Waals surface area contributed by atoms with Crippen LogP contribution in [0.2, 0.25) is 0 Å². The van der Waals surface area contributed by atoms with Gasteiger partial charge in [0.2, 0.25) is 0 Å². The van der Waals surface area contributed by atoms with Gasteiger partial charge >= 0.3 is 0 Å². The molecule has 0 saturated carbocycles. The van der Waals surface area contributed by atoms with Gasteiger partial charge in [0.1, 0.15) is 0 Å². The summed E-state index contributed by atoms with van der Waals surface area (Å²) in [4.78, 5) is 2.28. The Morgan fingerprint density at radius 3 is 2.30 bits per heavy atom. The zero-order valence-electron chi connectivity index (χ0n) is 13.4. The van der Waals surface area contributed by atoms with E-state index in [0.29, 0.717) is 0 Å². The summed E-state index contributed by atoms with van der Waals surface area (Å²) in [6.07, 6.45) is 4.10. The van der Waals surface area contributed by atoms with E-state index in [1.165, 1.54) is 11.3 Å². The SMILES string of the molecule is CCc1ccc(N(C)CCCC(CC)(CO)NC)cc1. The second-order valence-corrected chi connectivity index (χ2v) is 5.59. The van der Waals surface area contributed by atoms with E-state index in [1.54, 1.807) is 0 Å². The van der Waals surface area contributed by atoms with Crippen LogP contribution < -0.4 is 10.2 Å². The zero-order valence-corrected chi connectivity index (χ0v) is 13.4. The van der Waals surface area contributed by atoms with E-state index in [2.05, 4.69) is 55.4 Å². The molecular formula is C17H30N2O. The van der Waals surface area contributed by atoms with E-state index >= 15 is 0 Å². The predicted octanol–water partition coefficient (Wildman–Crippen LogP) is 2.83. The lowest BCUT2D eigenvalue weighted by molar-refractivity contribution is 0.153. The summed E-state index contributed by atoms with van der Waals surface area (Å²) in [7, 11) is 4.07. The fraction of sp³-hybridized carbons (Fsp3) is 0.647. The van der Waals surface area contributed by atoms with Crippen LogP contribution in [0.3, 0.4) is 0 Å². The first-order valence-electron chi connectivity index (χ1n) is 7.70. The van der Waals surface area contributed by atoms with Gasteiger partial charge < -0.3 is 15.3 Å². The Bertz CT molecular complexity index is 363. The first-order chi connectivity index (χ1) is 9.60. The molecule has 1 aromatic rings. The molecule has 0 spiro atoms. The highest BCUT2D eigenvalue weighted by atomic mass is 16.3. The van der Waals surface area contributed by atoms with Crippen LogP contribution in [0.1, 0.15) is 38.7 Å². The van der Waals surface area contributed by atoms with Crippen molar-refractivity contribution in [3.05, 3.63) is 29.8 Å². The lowest BCUT2D eigenvalue weighted by atomic mass is 9.91. The van der Waals surface area contributed by atoms with Gasteiger partial charge in [0.05, 0.1) is 6.61 Å². The van der Waals surface area contributed by atoms with Crippen molar-refractivity contribution in [2.24, 2.45) is 0 Å². The Hall–Kier alpha value is -1.06. The predicted molar refractivity (Wildman–Crippen MR) is 87.5 cm³/mol. The molecule has 0 radical (unpaired) electrons. The second-order valence-electron chi connectivity index (χ2n) is 5.59. The number of anilines is 1. The summed E-state index contributed by atoms with van der Waals surface area (Å²) in [6, 6.07) is 8.78. The Balaban J connectivity index is 2.48. The van der Waals surface area contributed by atoms with Crippen molar-refractivity contribution in [3.8, 4) is 0 Å². The van der Waals surface area contributed by atoms with Gasteiger partial charge in [0.25, 0.3) is 0 Å². The largest absolute Gasteiger partial charge is 0.394 e. The molecule has 0 saturated heterocycles. The van der Waals surface area contributed by atoms with E-state index in [9.17, 15) is 5.11 Å². The van der Waals surface area contributed by atoms with Gasteiger partial charge in [-0.1, -0.05) is 26.0 Å². The fourth-order valence-electron chi connectivity index (χ4n) is 2.52. The Labute approximate surface area is 124 Å². The van der Waals surface area contributed by atoms with Gasteiger partial charge in [0, 0.05) is 24.8 Å². The monoisotopic (exact) mass is 278 g/mol. The molecule has 1 rings (SSSR count). The van der Waals surface area contributed by atoms with E-state index in [0.717, 1.165) is 32.2 Å². The van der Waals surface area contributed by atoms with E-state index in [-0.39, 0.29) is 12.1 Å². The number of nitrogens with zero attached hydrogens (tertiary/aromatic N) is 1. The number of hydrogen-bond donors (Lipinski definition) is 2. The molecule has 0 amide bonds. The van der Waals surface area contributed by atoms with Crippen LogP contribution in [0.15, 0.2) is 24.3 Å². The standard InChI is InChI=1S/C17H30N2O/c1-5-15-8-10-16(11-9-15)19(4)13-7-12-17(6-2,14-20)18-3/h8-11,18,20H,5-7,12-14H2,1-4H3. The van der Waals surface area contributed by atoms with Gasteiger partial charge in [-0.05, 0) is 50.4 Å².